The number of fused-ring (bicyclic) bond motifs is 1. The molecule has 5 nitrogen and oxygen atoms in total. The number of carbonyl (C=O) groups is 2. The number of para-hydroxylation sites is 1. The van der Waals surface area contributed by atoms with Crippen LogP contribution in [0.15, 0.2) is 18.2 Å². The molecule has 0 bridgehead atoms. The number of carboxylic acids is 1. The van der Waals surface area contributed by atoms with Gasteiger partial charge < -0.3 is 14.9 Å². The highest BCUT2D eigenvalue weighted by atomic mass is 19.1. The minimum absolute atomic E-state index is 0.187. The molecule has 1 aliphatic rings. The van der Waals surface area contributed by atoms with Crippen molar-refractivity contribution in [1.29, 1.82) is 0 Å². The standard InChI is InChI=1S/C12H13FN2O3/c1-14-8-5-3-4-7(13)11(8)15(2)12(18)9(14)6-10(16)17/h3-5,9H,6H2,1-2H3,(H,16,17). The molecule has 0 saturated carbocycles. The van der Waals surface area contributed by atoms with Crippen molar-refractivity contribution in [2.75, 3.05) is 23.9 Å². The minimum Gasteiger partial charge on any atom is -0.481 e. The van der Waals surface area contributed by atoms with Crippen LogP contribution in [0, 0.1) is 5.82 Å². The van der Waals surface area contributed by atoms with Crippen molar-refractivity contribution in [1.82, 2.24) is 0 Å². The first kappa shape index (κ1) is 12.3. The van der Waals surface area contributed by atoms with E-state index in [2.05, 4.69) is 0 Å². The zero-order valence-electron chi connectivity index (χ0n) is 10.1. The Bertz CT molecular complexity index is 518. The zero-order chi connectivity index (χ0) is 13.4. The van der Waals surface area contributed by atoms with Gasteiger partial charge in [0.25, 0.3) is 0 Å². The summed E-state index contributed by atoms with van der Waals surface area (Å²) in [7, 11) is 3.04. The molecule has 0 saturated heterocycles. The topological polar surface area (TPSA) is 60.9 Å². The first-order valence-electron chi connectivity index (χ1n) is 5.44. The first-order chi connectivity index (χ1) is 8.43. The van der Waals surface area contributed by atoms with Gasteiger partial charge in [0.1, 0.15) is 17.5 Å². The van der Waals surface area contributed by atoms with Crippen LogP contribution >= 0.6 is 0 Å². The number of halogens is 1. The molecule has 1 atom stereocenters. The average Bonchev–Trinajstić information content (AvgIpc) is 2.31. The molecule has 1 aliphatic heterocycles. The van der Waals surface area contributed by atoms with Crippen molar-refractivity contribution in [3.8, 4) is 0 Å². The molecule has 0 fully saturated rings. The number of rotatable bonds is 2. The van der Waals surface area contributed by atoms with Gasteiger partial charge in [-0.3, -0.25) is 9.59 Å². The van der Waals surface area contributed by atoms with Crippen LogP contribution in [0.3, 0.4) is 0 Å². The highest BCUT2D eigenvalue weighted by Crippen LogP contribution is 2.36. The maximum absolute atomic E-state index is 13.7. The van der Waals surface area contributed by atoms with E-state index in [1.54, 1.807) is 13.1 Å². The van der Waals surface area contributed by atoms with E-state index in [0.717, 1.165) is 0 Å². The number of aliphatic carboxylic acids is 1. The van der Waals surface area contributed by atoms with Gasteiger partial charge >= 0.3 is 5.97 Å². The molecule has 1 heterocycles. The van der Waals surface area contributed by atoms with E-state index in [9.17, 15) is 14.0 Å². The molecule has 0 radical (unpaired) electrons. The Morgan fingerprint density at radius 1 is 1.44 bits per heavy atom. The second-order valence-electron chi connectivity index (χ2n) is 4.23. The summed E-state index contributed by atoms with van der Waals surface area (Å²) in [6.07, 6.45) is -0.310. The number of benzene rings is 1. The van der Waals surface area contributed by atoms with Gasteiger partial charge in [0.2, 0.25) is 5.91 Å². The van der Waals surface area contributed by atoms with E-state index in [-0.39, 0.29) is 12.1 Å². The van der Waals surface area contributed by atoms with E-state index < -0.39 is 23.7 Å². The predicted molar refractivity (Wildman–Crippen MR) is 64.3 cm³/mol. The van der Waals surface area contributed by atoms with E-state index >= 15 is 0 Å². The summed E-state index contributed by atoms with van der Waals surface area (Å²) in [5, 5.41) is 8.82. The first-order valence-corrected chi connectivity index (χ1v) is 5.44. The number of nitrogens with zero attached hydrogens (tertiary/aromatic N) is 2. The number of anilines is 2. The zero-order valence-corrected chi connectivity index (χ0v) is 10.1. The van der Waals surface area contributed by atoms with Crippen molar-refractivity contribution in [2.24, 2.45) is 0 Å². The van der Waals surface area contributed by atoms with E-state index in [1.165, 1.54) is 29.0 Å². The summed E-state index contributed by atoms with van der Waals surface area (Å²) < 4.78 is 13.7. The molecule has 0 aliphatic carbocycles. The van der Waals surface area contributed by atoms with Crippen LogP contribution in [-0.4, -0.2) is 37.1 Å². The summed E-state index contributed by atoms with van der Waals surface area (Å²) in [5.74, 6) is -1.98. The molecule has 1 aromatic carbocycles. The third-order valence-corrected chi connectivity index (χ3v) is 3.13. The second kappa shape index (κ2) is 4.29. The molecule has 6 heteroatoms. The Morgan fingerprint density at radius 2 is 2.11 bits per heavy atom. The number of amides is 1. The maximum atomic E-state index is 13.7. The lowest BCUT2D eigenvalue weighted by Gasteiger charge is -2.39. The minimum atomic E-state index is -1.06. The molecule has 1 N–H and O–H groups in total. The molecule has 1 unspecified atom stereocenters. The fourth-order valence-corrected chi connectivity index (χ4v) is 2.18. The third kappa shape index (κ3) is 1.79. The summed E-state index contributed by atoms with van der Waals surface area (Å²) in [6.45, 7) is 0. The molecular formula is C12H13FN2O3. The van der Waals surface area contributed by atoms with E-state index in [1.807, 2.05) is 0 Å². The number of carboxylic acid groups (broad SMARTS) is 1. The number of hydrogen-bond acceptors (Lipinski definition) is 3. The van der Waals surface area contributed by atoms with Gasteiger partial charge in [-0.25, -0.2) is 4.39 Å². The molecule has 0 spiro atoms. The van der Waals surface area contributed by atoms with E-state index in [4.69, 9.17) is 5.11 Å². The summed E-state index contributed by atoms with van der Waals surface area (Å²) >= 11 is 0. The number of carbonyl (C=O) groups excluding carboxylic acids is 1. The Morgan fingerprint density at radius 3 is 2.72 bits per heavy atom. The molecule has 0 aromatic heterocycles. The summed E-state index contributed by atoms with van der Waals surface area (Å²) in [6, 6.07) is 3.66. The molecule has 96 valence electrons. The Labute approximate surface area is 103 Å². The van der Waals surface area contributed by atoms with Crippen molar-refractivity contribution in [3.05, 3.63) is 24.0 Å². The van der Waals surface area contributed by atoms with Gasteiger partial charge in [-0.2, -0.15) is 0 Å². The summed E-state index contributed by atoms with van der Waals surface area (Å²) in [4.78, 5) is 25.5. The van der Waals surface area contributed by atoms with Crippen molar-refractivity contribution in [3.63, 3.8) is 0 Å². The van der Waals surface area contributed by atoms with Crippen LogP contribution in [0.4, 0.5) is 15.8 Å². The van der Waals surface area contributed by atoms with Crippen LogP contribution in [0.5, 0.6) is 0 Å². The fourth-order valence-electron chi connectivity index (χ4n) is 2.18. The van der Waals surface area contributed by atoms with Gasteiger partial charge in [-0.05, 0) is 12.1 Å². The lowest BCUT2D eigenvalue weighted by molar-refractivity contribution is -0.139. The van der Waals surface area contributed by atoms with Gasteiger partial charge in [-0.1, -0.05) is 6.07 Å². The summed E-state index contributed by atoms with van der Waals surface area (Å²) in [5.41, 5.74) is 0.704. The predicted octanol–water partition coefficient (Wildman–Crippen LogP) is 1.08. The third-order valence-electron chi connectivity index (χ3n) is 3.13. The lowest BCUT2D eigenvalue weighted by Crippen LogP contribution is -2.51. The molecular weight excluding hydrogens is 239 g/mol. The van der Waals surface area contributed by atoms with E-state index in [0.29, 0.717) is 5.69 Å². The monoisotopic (exact) mass is 252 g/mol. The number of hydrogen-bond donors (Lipinski definition) is 1. The molecule has 1 amide bonds. The maximum Gasteiger partial charge on any atom is 0.305 e. The van der Waals surface area contributed by atoms with Gasteiger partial charge in [0.05, 0.1) is 12.1 Å². The van der Waals surface area contributed by atoms with Crippen LogP contribution < -0.4 is 9.80 Å². The Hall–Kier alpha value is -2.11. The fraction of sp³-hybridized carbons (Fsp3) is 0.333. The Kier molecular flexibility index (Phi) is 2.94. The number of likely N-dealkylation sites (N-methyl/N-ethyl adjacent to an activating group) is 2. The van der Waals surface area contributed by atoms with Crippen molar-refractivity contribution in [2.45, 2.75) is 12.5 Å². The van der Waals surface area contributed by atoms with Crippen molar-refractivity contribution >= 4 is 23.3 Å². The molecule has 18 heavy (non-hydrogen) atoms. The lowest BCUT2D eigenvalue weighted by atomic mass is 10.0. The van der Waals surface area contributed by atoms with Gasteiger partial charge in [0.15, 0.2) is 0 Å². The van der Waals surface area contributed by atoms with Crippen molar-refractivity contribution < 1.29 is 19.1 Å². The smallest absolute Gasteiger partial charge is 0.305 e. The van der Waals surface area contributed by atoms with Gasteiger partial charge in [0, 0.05) is 14.1 Å². The van der Waals surface area contributed by atoms with Crippen LogP contribution in [0.25, 0.3) is 0 Å². The molecule has 2 rings (SSSR count). The van der Waals surface area contributed by atoms with Crippen LogP contribution in [0.2, 0.25) is 0 Å². The Balaban J connectivity index is 2.50. The SMILES string of the molecule is CN1C(=O)C(CC(=O)O)N(C)c2cccc(F)c21. The van der Waals surface area contributed by atoms with Crippen LogP contribution in [0.1, 0.15) is 6.42 Å². The second-order valence-corrected chi connectivity index (χ2v) is 4.23. The van der Waals surface area contributed by atoms with Crippen LogP contribution in [-0.2, 0) is 9.59 Å². The quantitative estimate of drug-likeness (QED) is 0.855. The normalized spacial score (nSPS) is 18.8. The highest BCUT2D eigenvalue weighted by Gasteiger charge is 2.37. The largest absolute Gasteiger partial charge is 0.481 e. The van der Waals surface area contributed by atoms with Gasteiger partial charge in [-0.15, -0.1) is 0 Å². The average molecular weight is 252 g/mol. The molecule has 1 aromatic rings. The highest BCUT2D eigenvalue weighted by molar-refractivity contribution is 6.06.